The van der Waals surface area contributed by atoms with Crippen LogP contribution in [0, 0.1) is 0 Å². The Bertz CT molecular complexity index is 1200. The van der Waals surface area contributed by atoms with Crippen molar-refractivity contribution >= 4 is 46.6 Å². The molecule has 0 aliphatic carbocycles. The van der Waals surface area contributed by atoms with Crippen LogP contribution in [-0.4, -0.2) is 40.1 Å². The minimum Gasteiger partial charge on any atom is -0.457 e. The molecule has 0 unspecified atom stereocenters. The molecule has 1 aliphatic rings. The number of halogens is 1. The maximum atomic E-state index is 12.2. The van der Waals surface area contributed by atoms with Crippen molar-refractivity contribution in [1.82, 2.24) is 15.2 Å². The maximum absolute atomic E-state index is 12.2. The van der Waals surface area contributed by atoms with Gasteiger partial charge in [-0.1, -0.05) is 41.9 Å². The molecule has 1 aromatic heterocycles. The number of pyridine rings is 1. The second-order valence-electron chi connectivity index (χ2n) is 7.45. The van der Waals surface area contributed by atoms with Crippen molar-refractivity contribution < 1.29 is 19.1 Å². The Morgan fingerprint density at radius 2 is 1.82 bits per heavy atom. The largest absolute Gasteiger partial charge is 0.457 e. The van der Waals surface area contributed by atoms with Gasteiger partial charge in [-0.05, 0) is 42.4 Å². The third-order valence-corrected chi connectivity index (χ3v) is 5.41. The fourth-order valence-corrected chi connectivity index (χ4v) is 3.51. The highest BCUT2D eigenvalue weighted by atomic mass is 35.5. The number of ether oxygens (including phenoxy) is 2. The van der Waals surface area contributed by atoms with E-state index in [9.17, 15) is 9.59 Å². The molecule has 1 aliphatic heterocycles. The summed E-state index contributed by atoms with van der Waals surface area (Å²) in [6.45, 7) is 1.38. The Morgan fingerprint density at radius 3 is 2.53 bits per heavy atom. The normalized spacial score (nSPS) is 12.3. The van der Waals surface area contributed by atoms with Gasteiger partial charge in [-0.2, -0.15) is 0 Å². The Hall–Kier alpha value is -3.69. The quantitative estimate of drug-likeness (QED) is 0.474. The van der Waals surface area contributed by atoms with Crippen molar-refractivity contribution in [3.05, 3.63) is 77.4 Å². The molecule has 34 heavy (non-hydrogen) atoms. The van der Waals surface area contributed by atoms with E-state index in [4.69, 9.17) is 33.3 Å². The number of nitrogens with one attached hydrogen (secondary N) is 2. The molecule has 0 bridgehead atoms. The van der Waals surface area contributed by atoms with E-state index in [1.807, 2.05) is 30.3 Å². The van der Waals surface area contributed by atoms with Gasteiger partial charge in [0.1, 0.15) is 11.5 Å². The van der Waals surface area contributed by atoms with Crippen LogP contribution in [0.25, 0.3) is 0 Å². The molecule has 0 spiro atoms. The van der Waals surface area contributed by atoms with Crippen LogP contribution in [0.4, 0.5) is 10.5 Å². The number of benzene rings is 2. The van der Waals surface area contributed by atoms with Gasteiger partial charge < -0.3 is 25.0 Å². The predicted molar refractivity (Wildman–Crippen MR) is 132 cm³/mol. The second kappa shape index (κ2) is 11.0. The molecular weight excluding hydrogens is 476 g/mol. The average molecular weight is 497 g/mol. The number of amides is 2. The molecule has 174 valence electrons. The molecule has 1 fully saturated rings. The van der Waals surface area contributed by atoms with Crippen molar-refractivity contribution in [3.63, 3.8) is 0 Å². The zero-order valence-electron chi connectivity index (χ0n) is 18.0. The van der Waals surface area contributed by atoms with Gasteiger partial charge in [-0.25, -0.2) is 9.78 Å². The fourth-order valence-electron chi connectivity index (χ4n) is 3.07. The molecule has 0 atom stereocenters. The minimum absolute atomic E-state index is 0.138. The number of rotatable bonds is 6. The molecule has 2 aromatic carbocycles. The van der Waals surface area contributed by atoms with Crippen LogP contribution in [0.15, 0.2) is 66.9 Å². The van der Waals surface area contributed by atoms with Gasteiger partial charge >= 0.3 is 6.09 Å². The van der Waals surface area contributed by atoms with Crippen LogP contribution in [0.3, 0.4) is 0 Å². The van der Waals surface area contributed by atoms with Gasteiger partial charge in [0.2, 0.25) is 11.8 Å². The van der Waals surface area contributed by atoms with E-state index in [-0.39, 0.29) is 23.3 Å². The lowest BCUT2D eigenvalue weighted by Gasteiger charge is -2.29. The molecule has 2 N–H and O–H groups in total. The summed E-state index contributed by atoms with van der Waals surface area (Å²) in [4.78, 5) is 29.8. The number of carbonyl (C=O) groups excluding carboxylic acids is 2. The summed E-state index contributed by atoms with van der Waals surface area (Å²) in [7, 11) is 0. The molecule has 3 aromatic rings. The standard InChI is InChI=1S/C24H21ClN4O4S/c25-19-14-17(32-18-9-10-26-22(15-18)33-24(31)29-11-4-12-29)7-8-20(19)27-23(34)28-21(30)13-16-5-2-1-3-6-16/h1-3,5-10,14-15H,4,11-13H2,(H2,27,28,30,34). The predicted octanol–water partition coefficient (Wildman–Crippen LogP) is 4.79. The van der Waals surface area contributed by atoms with Crippen molar-refractivity contribution in [3.8, 4) is 17.4 Å². The minimum atomic E-state index is -0.429. The average Bonchev–Trinajstić information content (AvgIpc) is 2.75. The molecule has 0 saturated carbocycles. The topological polar surface area (TPSA) is 92.8 Å². The summed E-state index contributed by atoms with van der Waals surface area (Å²) in [5.41, 5.74) is 1.40. The van der Waals surface area contributed by atoms with Crippen molar-refractivity contribution in [1.29, 1.82) is 0 Å². The number of likely N-dealkylation sites (tertiary alicyclic amines) is 1. The Kier molecular flexibility index (Phi) is 7.56. The Balaban J connectivity index is 1.32. The first kappa shape index (κ1) is 23.5. The maximum Gasteiger partial charge on any atom is 0.416 e. The molecule has 2 amide bonds. The number of hydrogen-bond acceptors (Lipinski definition) is 6. The number of aromatic nitrogens is 1. The van der Waals surface area contributed by atoms with E-state index < -0.39 is 6.09 Å². The highest BCUT2D eigenvalue weighted by molar-refractivity contribution is 7.80. The van der Waals surface area contributed by atoms with E-state index in [0.717, 1.165) is 12.0 Å². The molecule has 0 radical (unpaired) electrons. The van der Waals surface area contributed by atoms with E-state index in [2.05, 4.69) is 15.6 Å². The Labute approximate surface area is 206 Å². The first-order valence-electron chi connectivity index (χ1n) is 10.5. The summed E-state index contributed by atoms with van der Waals surface area (Å²) in [5, 5.41) is 6.03. The summed E-state index contributed by atoms with van der Waals surface area (Å²) in [6.07, 6.45) is 2.25. The van der Waals surface area contributed by atoms with Gasteiger partial charge in [0, 0.05) is 31.4 Å². The van der Waals surface area contributed by atoms with Crippen LogP contribution in [0.5, 0.6) is 17.4 Å². The van der Waals surface area contributed by atoms with E-state index in [1.165, 1.54) is 12.3 Å². The summed E-state index contributed by atoms with van der Waals surface area (Å²) in [5.74, 6) is 0.807. The number of thiocarbonyl (C=S) groups is 1. The molecule has 1 saturated heterocycles. The first-order chi connectivity index (χ1) is 16.5. The lowest BCUT2D eigenvalue weighted by atomic mass is 10.1. The summed E-state index contributed by atoms with van der Waals surface area (Å²) < 4.78 is 11.1. The van der Waals surface area contributed by atoms with Gasteiger partial charge in [0.15, 0.2) is 5.11 Å². The van der Waals surface area contributed by atoms with Gasteiger partial charge in [-0.15, -0.1) is 0 Å². The molecule has 2 heterocycles. The van der Waals surface area contributed by atoms with Crippen LogP contribution in [0.1, 0.15) is 12.0 Å². The van der Waals surface area contributed by atoms with Gasteiger partial charge in [-0.3, -0.25) is 4.79 Å². The first-order valence-corrected chi connectivity index (χ1v) is 11.3. The van der Waals surface area contributed by atoms with Gasteiger partial charge in [0.25, 0.3) is 0 Å². The molecule has 4 rings (SSSR count). The lowest BCUT2D eigenvalue weighted by Crippen LogP contribution is -2.43. The number of carbonyl (C=O) groups is 2. The van der Waals surface area contributed by atoms with Crippen molar-refractivity contribution in [2.45, 2.75) is 12.8 Å². The van der Waals surface area contributed by atoms with Crippen LogP contribution >= 0.6 is 23.8 Å². The van der Waals surface area contributed by atoms with Gasteiger partial charge in [0.05, 0.1) is 17.1 Å². The Morgan fingerprint density at radius 1 is 1.06 bits per heavy atom. The number of anilines is 1. The lowest BCUT2D eigenvalue weighted by molar-refractivity contribution is -0.119. The highest BCUT2D eigenvalue weighted by Gasteiger charge is 2.22. The van der Waals surface area contributed by atoms with E-state index >= 15 is 0 Å². The summed E-state index contributed by atoms with van der Waals surface area (Å²) in [6, 6.07) is 17.5. The molecule has 10 heteroatoms. The van der Waals surface area contributed by atoms with Crippen LogP contribution in [0.2, 0.25) is 5.02 Å². The fraction of sp³-hybridized carbons (Fsp3) is 0.167. The highest BCUT2D eigenvalue weighted by Crippen LogP contribution is 2.30. The summed E-state index contributed by atoms with van der Waals surface area (Å²) >= 11 is 11.6. The number of hydrogen-bond donors (Lipinski definition) is 2. The van der Waals surface area contributed by atoms with Crippen molar-refractivity contribution in [2.75, 3.05) is 18.4 Å². The SMILES string of the molecule is O=C(Cc1ccccc1)NC(=S)Nc1ccc(Oc2ccnc(OC(=O)N3CCC3)c2)cc1Cl. The number of nitrogens with zero attached hydrogens (tertiary/aromatic N) is 2. The molecular formula is C24H21ClN4O4S. The van der Waals surface area contributed by atoms with E-state index in [0.29, 0.717) is 35.3 Å². The smallest absolute Gasteiger partial charge is 0.416 e. The van der Waals surface area contributed by atoms with Crippen LogP contribution < -0.4 is 20.1 Å². The monoisotopic (exact) mass is 496 g/mol. The van der Waals surface area contributed by atoms with Crippen LogP contribution in [-0.2, 0) is 11.2 Å². The second-order valence-corrected chi connectivity index (χ2v) is 8.26. The zero-order valence-corrected chi connectivity index (χ0v) is 19.6. The third-order valence-electron chi connectivity index (χ3n) is 4.90. The zero-order chi connectivity index (χ0) is 23.9. The van der Waals surface area contributed by atoms with Crippen molar-refractivity contribution in [2.24, 2.45) is 0 Å². The van der Waals surface area contributed by atoms with E-state index in [1.54, 1.807) is 29.2 Å². The third kappa shape index (κ3) is 6.43. The molecule has 8 nitrogen and oxygen atoms in total.